The molecule has 19 heavy (non-hydrogen) atoms. The van der Waals surface area contributed by atoms with Gasteiger partial charge in [0.2, 0.25) is 0 Å². The van der Waals surface area contributed by atoms with Gasteiger partial charge in [-0.2, -0.15) is 5.26 Å². The smallest absolute Gasteiger partial charge is 0.0643 e. The van der Waals surface area contributed by atoms with Crippen LogP contribution in [0.4, 0.5) is 5.69 Å². The minimum absolute atomic E-state index is 0.291. The Morgan fingerprint density at radius 2 is 2.32 bits per heavy atom. The first-order valence-electron chi connectivity index (χ1n) is 7.20. The highest BCUT2D eigenvalue weighted by Crippen LogP contribution is 2.29. The fraction of sp³-hybridized carbons (Fsp3) is 0.562. The highest BCUT2D eigenvalue weighted by atomic mass is 15.2. The largest absolute Gasteiger partial charge is 0.366 e. The highest BCUT2D eigenvalue weighted by molar-refractivity contribution is 5.60. The maximum absolute atomic E-state index is 9.07. The van der Waals surface area contributed by atoms with Gasteiger partial charge in [0.1, 0.15) is 0 Å². The Balaban J connectivity index is 2.38. The van der Waals surface area contributed by atoms with Gasteiger partial charge in [0, 0.05) is 18.8 Å². The quantitative estimate of drug-likeness (QED) is 0.904. The molecular formula is C16H23N3. The van der Waals surface area contributed by atoms with E-state index in [0.29, 0.717) is 12.5 Å². The molecule has 0 aromatic heterocycles. The lowest BCUT2D eigenvalue weighted by Gasteiger charge is -2.33. The molecule has 2 rings (SSSR count). The summed E-state index contributed by atoms with van der Waals surface area (Å²) in [6, 6.07) is 9.15. The van der Waals surface area contributed by atoms with Crippen LogP contribution >= 0.6 is 0 Å². The minimum Gasteiger partial charge on any atom is -0.366 e. The molecule has 1 atom stereocenters. The third-order valence-electron chi connectivity index (χ3n) is 3.89. The van der Waals surface area contributed by atoms with Gasteiger partial charge in [-0.25, -0.2) is 0 Å². The SMILES string of the molecule is CCc1cccc(C)c1N1CCCNCC1CC#N. The first kappa shape index (κ1) is 13.9. The summed E-state index contributed by atoms with van der Waals surface area (Å²) in [4.78, 5) is 2.46. The van der Waals surface area contributed by atoms with Crippen molar-refractivity contribution in [3.63, 3.8) is 0 Å². The van der Waals surface area contributed by atoms with Crippen molar-refractivity contribution in [3.05, 3.63) is 29.3 Å². The molecule has 1 aliphatic rings. The molecule has 0 bridgehead atoms. The van der Waals surface area contributed by atoms with E-state index in [4.69, 9.17) is 5.26 Å². The molecule has 1 aromatic rings. The zero-order chi connectivity index (χ0) is 13.7. The molecule has 1 aliphatic heterocycles. The molecule has 3 heteroatoms. The van der Waals surface area contributed by atoms with Crippen LogP contribution in [0.25, 0.3) is 0 Å². The maximum Gasteiger partial charge on any atom is 0.0643 e. The number of anilines is 1. The average molecular weight is 257 g/mol. The van der Waals surface area contributed by atoms with Gasteiger partial charge >= 0.3 is 0 Å². The van der Waals surface area contributed by atoms with Crippen molar-refractivity contribution < 1.29 is 0 Å². The zero-order valence-corrected chi connectivity index (χ0v) is 11.9. The van der Waals surface area contributed by atoms with Crippen LogP contribution in [0.2, 0.25) is 0 Å². The minimum atomic E-state index is 0.291. The van der Waals surface area contributed by atoms with Gasteiger partial charge in [-0.1, -0.05) is 25.1 Å². The van der Waals surface area contributed by atoms with Crippen molar-refractivity contribution in [1.29, 1.82) is 5.26 Å². The van der Waals surface area contributed by atoms with E-state index in [2.05, 4.69) is 48.3 Å². The van der Waals surface area contributed by atoms with Crippen LogP contribution in [-0.4, -0.2) is 25.7 Å². The summed E-state index contributed by atoms with van der Waals surface area (Å²) < 4.78 is 0. The molecule has 0 radical (unpaired) electrons. The number of nitrogens with one attached hydrogen (secondary N) is 1. The fourth-order valence-corrected chi connectivity index (χ4v) is 2.93. The lowest BCUT2D eigenvalue weighted by molar-refractivity contribution is 0.595. The van der Waals surface area contributed by atoms with Crippen LogP contribution in [-0.2, 0) is 6.42 Å². The topological polar surface area (TPSA) is 39.1 Å². The second-order valence-electron chi connectivity index (χ2n) is 5.20. The Morgan fingerprint density at radius 3 is 3.05 bits per heavy atom. The Hall–Kier alpha value is -1.53. The molecule has 1 saturated heterocycles. The Kier molecular flexibility index (Phi) is 4.81. The number of hydrogen-bond donors (Lipinski definition) is 1. The number of hydrogen-bond acceptors (Lipinski definition) is 3. The first-order valence-corrected chi connectivity index (χ1v) is 7.20. The van der Waals surface area contributed by atoms with Crippen molar-refractivity contribution in [2.45, 2.75) is 39.2 Å². The van der Waals surface area contributed by atoms with Gasteiger partial charge in [0.05, 0.1) is 18.5 Å². The number of aryl methyl sites for hydroxylation is 2. The third kappa shape index (κ3) is 3.08. The maximum atomic E-state index is 9.07. The van der Waals surface area contributed by atoms with Crippen LogP contribution in [0.1, 0.15) is 30.9 Å². The van der Waals surface area contributed by atoms with E-state index in [1.54, 1.807) is 0 Å². The number of rotatable bonds is 3. The molecule has 1 unspecified atom stereocenters. The van der Waals surface area contributed by atoms with E-state index in [1.807, 2.05) is 0 Å². The van der Waals surface area contributed by atoms with Crippen LogP contribution in [0.3, 0.4) is 0 Å². The van der Waals surface area contributed by atoms with Gasteiger partial charge in [-0.05, 0) is 37.4 Å². The second-order valence-corrected chi connectivity index (χ2v) is 5.20. The van der Waals surface area contributed by atoms with E-state index in [-0.39, 0.29) is 0 Å². The van der Waals surface area contributed by atoms with E-state index in [9.17, 15) is 0 Å². The van der Waals surface area contributed by atoms with Gasteiger partial charge in [-0.15, -0.1) is 0 Å². The van der Waals surface area contributed by atoms with E-state index < -0.39 is 0 Å². The summed E-state index contributed by atoms with van der Waals surface area (Å²) >= 11 is 0. The fourth-order valence-electron chi connectivity index (χ4n) is 2.93. The lowest BCUT2D eigenvalue weighted by Crippen LogP contribution is -2.40. The summed E-state index contributed by atoms with van der Waals surface area (Å²) in [5.41, 5.74) is 4.07. The van der Waals surface area contributed by atoms with E-state index in [1.165, 1.54) is 16.8 Å². The van der Waals surface area contributed by atoms with Gasteiger partial charge < -0.3 is 10.2 Å². The van der Waals surface area contributed by atoms with E-state index in [0.717, 1.165) is 32.5 Å². The molecule has 1 fully saturated rings. The van der Waals surface area contributed by atoms with E-state index >= 15 is 0 Å². The molecule has 3 nitrogen and oxygen atoms in total. The molecule has 1 heterocycles. The predicted octanol–water partition coefficient (Wildman–Crippen LogP) is 2.64. The third-order valence-corrected chi connectivity index (χ3v) is 3.89. The second kappa shape index (κ2) is 6.58. The summed E-state index contributed by atoms with van der Waals surface area (Å²) in [5, 5.41) is 12.5. The lowest BCUT2D eigenvalue weighted by atomic mass is 10.0. The Bertz CT molecular complexity index is 462. The average Bonchev–Trinajstić information content (AvgIpc) is 2.64. The summed E-state index contributed by atoms with van der Waals surface area (Å²) in [7, 11) is 0. The monoisotopic (exact) mass is 257 g/mol. The van der Waals surface area contributed by atoms with Crippen LogP contribution < -0.4 is 10.2 Å². The van der Waals surface area contributed by atoms with Crippen LogP contribution in [0.15, 0.2) is 18.2 Å². The molecule has 0 aliphatic carbocycles. The standard InChI is InChI=1S/C16H23N3/c1-3-14-7-4-6-13(2)16(14)19-11-5-10-18-12-15(19)8-9-17/h4,6-7,15,18H,3,5,8,10-12H2,1-2H3. The summed E-state index contributed by atoms with van der Waals surface area (Å²) in [6.07, 6.45) is 2.77. The van der Waals surface area contributed by atoms with Crippen molar-refractivity contribution in [2.75, 3.05) is 24.5 Å². The number of benzene rings is 1. The molecule has 0 amide bonds. The highest BCUT2D eigenvalue weighted by Gasteiger charge is 2.23. The Labute approximate surface area is 116 Å². The molecule has 1 aromatic carbocycles. The molecule has 0 saturated carbocycles. The molecular weight excluding hydrogens is 234 g/mol. The van der Waals surface area contributed by atoms with Crippen molar-refractivity contribution >= 4 is 5.69 Å². The number of nitriles is 1. The summed E-state index contributed by atoms with van der Waals surface area (Å²) in [5.74, 6) is 0. The van der Waals surface area contributed by atoms with Gasteiger partial charge in [0.25, 0.3) is 0 Å². The molecule has 1 N–H and O–H groups in total. The number of para-hydroxylation sites is 1. The molecule has 0 spiro atoms. The Morgan fingerprint density at radius 1 is 1.47 bits per heavy atom. The van der Waals surface area contributed by atoms with Crippen LogP contribution in [0, 0.1) is 18.3 Å². The number of nitrogens with zero attached hydrogens (tertiary/aromatic N) is 2. The molecule has 102 valence electrons. The first-order chi connectivity index (χ1) is 9.27. The summed E-state index contributed by atoms with van der Waals surface area (Å²) in [6.45, 7) is 7.37. The van der Waals surface area contributed by atoms with Crippen molar-refractivity contribution in [1.82, 2.24) is 5.32 Å². The predicted molar refractivity (Wildman–Crippen MR) is 79.4 cm³/mol. The van der Waals surface area contributed by atoms with Gasteiger partial charge in [0.15, 0.2) is 0 Å². The normalized spacial score (nSPS) is 19.8. The van der Waals surface area contributed by atoms with Crippen molar-refractivity contribution in [3.8, 4) is 6.07 Å². The van der Waals surface area contributed by atoms with Crippen LogP contribution in [0.5, 0.6) is 0 Å². The zero-order valence-electron chi connectivity index (χ0n) is 11.9. The van der Waals surface area contributed by atoms with Crippen molar-refractivity contribution in [2.24, 2.45) is 0 Å². The van der Waals surface area contributed by atoms with Gasteiger partial charge in [-0.3, -0.25) is 0 Å².